The van der Waals surface area contributed by atoms with Crippen molar-refractivity contribution in [3.8, 4) is 0 Å². The molecule has 96 valence electrons. The van der Waals surface area contributed by atoms with E-state index in [9.17, 15) is 12.8 Å². The molecule has 0 spiro atoms. The predicted molar refractivity (Wildman–Crippen MR) is 61.7 cm³/mol. The number of nitrogens with zero attached hydrogens (tertiary/aromatic N) is 1. The van der Waals surface area contributed by atoms with E-state index in [1.165, 1.54) is 12.1 Å². The van der Waals surface area contributed by atoms with Gasteiger partial charge in [0.25, 0.3) is 0 Å². The summed E-state index contributed by atoms with van der Waals surface area (Å²) in [4.78, 5) is 0.000127. The summed E-state index contributed by atoms with van der Waals surface area (Å²) < 4.78 is 43.6. The van der Waals surface area contributed by atoms with Gasteiger partial charge in [-0.2, -0.15) is 0 Å². The first kappa shape index (κ1) is 12.7. The lowest BCUT2D eigenvalue weighted by atomic mass is 10.4. The van der Waals surface area contributed by atoms with Gasteiger partial charge >= 0.3 is 0 Å². The molecule has 2 rings (SSSR count). The molecule has 0 aliphatic rings. The summed E-state index contributed by atoms with van der Waals surface area (Å²) in [6.07, 6.45) is 0. The minimum absolute atomic E-state index is 0.000127. The minimum Gasteiger partial charge on any atom is -0.360 e. The second-order valence-corrected chi connectivity index (χ2v) is 5.48. The van der Waals surface area contributed by atoms with Crippen molar-refractivity contribution in [2.24, 2.45) is 0 Å². The van der Waals surface area contributed by atoms with Crippen LogP contribution in [0, 0.1) is 12.7 Å². The van der Waals surface area contributed by atoms with Crippen LogP contribution in [0.2, 0.25) is 0 Å². The van der Waals surface area contributed by atoms with Crippen molar-refractivity contribution in [1.29, 1.82) is 0 Å². The average molecular weight is 270 g/mol. The molecule has 1 N–H and O–H groups in total. The predicted octanol–water partition coefficient (Wildman–Crippen LogP) is 1.60. The Kier molecular flexibility index (Phi) is 3.44. The number of nitrogens with one attached hydrogen (secondary N) is 1. The molecule has 1 heterocycles. The molecule has 0 radical (unpaired) electrons. The number of sulfonamides is 1. The number of aromatic nitrogens is 1. The Balaban J connectivity index is 2.10. The standard InChI is InChI=1S/C11H11FN2O3S/c1-8-6-10(17-14-8)7-13-18(15,16)11-4-2-9(12)3-5-11/h2-6,13H,7H2,1H3. The maximum atomic E-state index is 12.7. The molecule has 1 aromatic carbocycles. The van der Waals surface area contributed by atoms with Crippen LogP contribution in [-0.2, 0) is 16.6 Å². The molecule has 0 saturated heterocycles. The molecular formula is C11H11FN2O3S. The molecule has 0 atom stereocenters. The summed E-state index contributed by atoms with van der Waals surface area (Å²) in [6.45, 7) is 1.74. The summed E-state index contributed by atoms with van der Waals surface area (Å²) in [5, 5.41) is 3.64. The number of hydrogen-bond acceptors (Lipinski definition) is 4. The SMILES string of the molecule is Cc1cc(CNS(=O)(=O)c2ccc(F)cc2)on1. The van der Waals surface area contributed by atoms with Crippen molar-refractivity contribution in [1.82, 2.24) is 9.88 Å². The number of benzene rings is 1. The Hall–Kier alpha value is -1.73. The molecule has 0 bridgehead atoms. The molecule has 0 aliphatic carbocycles. The highest BCUT2D eigenvalue weighted by molar-refractivity contribution is 7.89. The van der Waals surface area contributed by atoms with E-state index in [1.807, 2.05) is 0 Å². The molecular weight excluding hydrogens is 259 g/mol. The number of hydrogen-bond donors (Lipinski definition) is 1. The van der Waals surface area contributed by atoms with Crippen molar-refractivity contribution in [2.75, 3.05) is 0 Å². The van der Waals surface area contributed by atoms with Crippen LogP contribution >= 0.6 is 0 Å². The first-order valence-corrected chi connectivity index (χ1v) is 6.63. The Morgan fingerprint density at radius 2 is 2.00 bits per heavy atom. The fourth-order valence-corrected chi connectivity index (χ4v) is 2.36. The largest absolute Gasteiger partial charge is 0.360 e. The fraction of sp³-hybridized carbons (Fsp3) is 0.182. The third-order valence-electron chi connectivity index (χ3n) is 2.24. The summed E-state index contributed by atoms with van der Waals surface area (Å²) in [6, 6.07) is 6.21. The van der Waals surface area contributed by atoms with Crippen LogP contribution in [-0.4, -0.2) is 13.6 Å². The van der Waals surface area contributed by atoms with E-state index in [2.05, 4.69) is 9.88 Å². The molecule has 0 fully saturated rings. The zero-order valence-electron chi connectivity index (χ0n) is 9.55. The molecule has 18 heavy (non-hydrogen) atoms. The number of aryl methyl sites for hydroxylation is 1. The van der Waals surface area contributed by atoms with Gasteiger partial charge < -0.3 is 4.52 Å². The lowest BCUT2D eigenvalue weighted by Gasteiger charge is -2.04. The highest BCUT2D eigenvalue weighted by Gasteiger charge is 2.14. The Morgan fingerprint density at radius 1 is 1.33 bits per heavy atom. The van der Waals surface area contributed by atoms with Gasteiger partial charge in [-0.1, -0.05) is 5.16 Å². The summed E-state index contributed by atoms with van der Waals surface area (Å²) >= 11 is 0. The third-order valence-corrected chi connectivity index (χ3v) is 3.65. The first-order chi connectivity index (χ1) is 8.47. The van der Waals surface area contributed by atoms with Crippen molar-refractivity contribution >= 4 is 10.0 Å². The molecule has 5 nitrogen and oxygen atoms in total. The lowest BCUT2D eigenvalue weighted by Crippen LogP contribution is -2.22. The van der Waals surface area contributed by atoms with Gasteiger partial charge in [-0.05, 0) is 31.2 Å². The summed E-state index contributed by atoms with van der Waals surface area (Å²) in [5.41, 5.74) is 0.672. The van der Waals surface area contributed by atoms with Gasteiger partial charge in [0.05, 0.1) is 17.1 Å². The highest BCUT2D eigenvalue weighted by atomic mass is 32.2. The lowest BCUT2D eigenvalue weighted by molar-refractivity contribution is 0.377. The molecule has 7 heteroatoms. The zero-order chi connectivity index (χ0) is 13.2. The number of rotatable bonds is 4. The summed E-state index contributed by atoms with van der Waals surface area (Å²) in [5.74, 6) is -0.0713. The van der Waals surface area contributed by atoms with Gasteiger partial charge in [0.1, 0.15) is 5.82 Å². The van der Waals surface area contributed by atoms with Crippen LogP contribution in [0.15, 0.2) is 39.8 Å². The van der Waals surface area contributed by atoms with Crippen molar-refractivity contribution in [2.45, 2.75) is 18.4 Å². The van der Waals surface area contributed by atoms with Crippen LogP contribution in [0.3, 0.4) is 0 Å². The summed E-state index contributed by atoms with van der Waals surface area (Å²) in [7, 11) is -3.67. The zero-order valence-corrected chi connectivity index (χ0v) is 10.4. The monoisotopic (exact) mass is 270 g/mol. The molecule has 1 aromatic heterocycles. The van der Waals surface area contributed by atoms with Gasteiger partial charge in [-0.3, -0.25) is 0 Å². The molecule has 0 saturated carbocycles. The molecule has 0 amide bonds. The van der Waals surface area contributed by atoms with Gasteiger partial charge in [0.2, 0.25) is 10.0 Å². The molecule has 2 aromatic rings. The van der Waals surface area contributed by atoms with E-state index in [0.717, 1.165) is 12.1 Å². The van der Waals surface area contributed by atoms with E-state index in [-0.39, 0.29) is 11.4 Å². The van der Waals surface area contributed by atoms with Crippen LogP contribution in [0.4, 0.5) is 4.39 Å². The maximum absolute atomic E-state index is 12.7. The van der Waals surface area contributed by atoms with E-state index >= 15 is 0 Å². The van der Waals surface area contributed by atoms with Crippen LogP contribution < -0.4 is 4.72 Å². The van der Waals surface area contributed by atoms with Gasteiger partial charge in [0, 0.05) is 6.07 Å². The smallest absolute Gasteiger partial charge is 0.240 e. The quantitative estimate of drug-likeness (QED) is 0.916. The first-order valence-electron chi connectivity index (χ1n) is 5.15. The maximum Gasteiger partial charge on any atom is 0.240 e. The van der Waals surface area contributed by atoms with Crippen LogP contribution in [0.5, 0.6) is 0 Å². The van der Waals surface area contributed by atoms with E-state index in [1.54, 1.807) is 13.0 Å². The topological polar surface area (TPSA) is 72.2 Å². The van der Waals surface area contributed by atoms with E-state index < -0.39 is 15.8 Å². The highest BCUT2D eigenvalue weighted by Crippen LogP contribution is 2.10. The molecule has 0 unspecified atom stereocenters. The van der Waals surface area contributed by atoms with E-state index in [4.69, 9.17) is 4.52 Å². The Morgan fingerprint density at radius 3 is 2.56 bits per heavy atom. The third kappa shape index (κ3) is 2.93. The average Bonchev–Trinajstić information content (AvgIpc) is 2.73. The van der Waals surface area contributed by atoms with Gasteiger partial charge in [-0.15, -0.1) is 0 Å². The van der Waals surface area contributed by atoms with Crippen LogP contribution in [0.25, 0.3) is 0 Å². The normalized spacial score (nSPS) is 11.7. The van der Waals surface area contributed by atoms with Crippen molar-refractivity contribution in [3.05, 3.63) is 47.6 Å². The number of halogens is 1. The Bertz CT molecular complexity index is 635. The van der Waals surface area contributed by atoms with Crippen molar-refractivity contribution < 1.29 is 17.3 Å². The van der Waals surface area contributed by atoms with Crippen molar-refractivity contribution in [3.63, 3.8) is 0 Å². The second-order valence-electron chi connectivity index (χ2n) is 3.71. The van der Waals surface area contributed by atoms with Gasteiger partial charge in [-0.25, -0.2) is 17.5 Å². The van der Waals surface area contributed by atoms with Gasteiger partial charge in [0.15, 0.2) is 5.76 Å². The van der Waals surface area contributed by atoms with Crippen LogP contribution in [0.1, 0.15) is 11.5 Å². The fourth-order valence-electron chi connectivity index (χ4n) is 1.36. The second kappa shape index (κ2) is 4.87. The van der Waals surface area contributed by atoms with E-state index in [0.29, 0.717) is 11.5 Å². The molecule has 0 aliphatic heterocycles. The Labute approximate surface area is 104 Å². The minimum atomic E-state index is -3.67.